The molecule has 2 saturated carbocycles. The van der Waals surface area contributed by atoms with Crippen LogP contribution in [0, 0.1) is 16.7 Å². The Kier molecular flexibility index (Phi) is 4.79. The zero-order valence-corrected chi connectivity index (χ0v) is 15.2. The number of phenols is 1. The number of aliphatic hydroxyl groups is 1. The number of phenolic OH excluding ortho intramolecular Hbond substituents is 1. The molecule has 0 saturated heterocycles. The van der Waals surface area contributed by atoms with Crippen LogP contribution in [-0.2, 0) is 6.42 Å². The second-order valence-corrected chi connectivity index (χ2v) is 8.10. The molecule has 0 spiro atoms. The zero-order chi connectivity index (χ0) is 18.9. The molecule has 0 aliphatic heterocycles. The average molecular weight is 364 g/mol. The van der Waals surface area contributed by atoms with E-state index in [0.717, 1.165) is 31.4 Å². The van der Waals surface area contributed by atoms with Crippen molar-refractivity contribution in [1.82, 2.24) is 0 Å². The van der Waals surface area contributed by atoms with E-state index in [1.165, 1.54) is 42.8 Å². The Balaban J connectivity index is 1.41. The minimum atomic E-state index is -0.412. The molecule has 2 aliphatic carbocycles. The molecule has 140 valence electrons. The summed E-state index contributed by atoms with van der Waals surface area (Å²) < 4.78 is 0. The molecule has 2 aromatic carbocycles. The Hall–Kier alpha value is -2.53. The molecule has 0 amide bonds. The fourth-order valence-electron chi connectivity index (χ4n) is 4.75. The van der Waals surface area contributed by atoms with Gasteiger partial charge in [-0.2, -0.15) is 0 Å². The SMILES string of the molecule is O=Nc1ccc(O)c(/C=N/c2ccc(CC3CC4CCC(O)(C4)C3)cc2)c1. The average Bonchev–Trinajstić information content (AvgIpc) is 2.94. The molecule has 0 heterocycles. The van der Waals surface area contributed by atoms with Crippen LogP contribution in [0.2, 0.25) is 0 Å². The molecule has 2 aromatic rings. The van der Waals surface area contributed by atoms with Crippen molar-refractivity contribution >= 4 is 17.6 Å². The van der Waals surface area contributed by atoms with E-state index in [0.29, 0.717) is 17.4 Å². The van der Waals surface area contributed by atoms with Gasteiger partial charge in [-0.15, -0.1) is 4.91 Å². The predicted octanol–water partition coefficient (Wildman–Crippen LogP) is 5.02. The topological polar surface area (TPSA) is 82.2 Å². The van der Waals surface area contributed by atoms with Crippen molar-refractivity contribution in [2.75, 3.05) is 0 Å². The van der Waals surface area contributed by atoms with E-state index in [1.807, 2.05) is 12.1 Å². The van der Waals surface area contributed by atoms with Crippen LogP contribution in [-0.4, -0.2) is 22.0 Å². The second kappa shape index (κ2) is 7.24. The van der Waals surface area contributed by atoms with Crippen molar-refractivity contribution in [1.29, 1.82) is 0 Å². The lowest BCUT2D eigenvalue weighted by Crippen LogP contribution is -2.33. The van der Waals surface area contributed by atoms with E-state index >= 15 is 0 Å². The van der Waals surface area contributed by atoms with Gasteiger partial charge in [0, 0.05) is 11.8 Å². The number of hydrogen-bond donors (Lipinski definition) is 2. The molecule has 0 aromatic heterocycles. The number of rotatable bonds is 5. The quantitative estimate of drug-likeness (QED) is 0.577. The van der Waals surface area contributed by atoms with E-state index in [2.05, 4.69) is 22.3 Å². The molecule has 4 rings (SSSR count). The summed E-state index contributed by atoms with van der Waals surface area (Å²) in [6.07, 6.45) is 7.81. The number of aromatic hydroxyl groups is 1. The molecule has 3 atom stereocenters. The van der Waals surface area contributed by atoms with E-state index < -0.39 is 5.60 Å². The maximum absolute atomic E-state index is 10.6. The first-order valence-electron chi connectivity index (χ1n) is 9.55. The lowest BCUT2D eigenvalue weighted by Gasteiger charge is -2.34. The van der Waals surface area contributed by atoms with Gasteiger partial charge in [0.15, 0.2) is 0 Å². The Morgan fingerprint density at radius 1 is 1.11 bits per heavy atom. The van der Waals surface area contributed by atoms with Gasteiger partial charge in [-0.1, -0.05) is 12.1 Å². The second-order valence-electron chi connectivity index (χ2n) is 8.10. The first kappa shape index (κ1) is 17.9. The van der Waals surface area contributed by atoms with Gasteiger partial charge in [-0.05, 0) is 91.4 Å². The van der Waals surface area contributed by atoms with E-state index in [4.69, 9.17) is 0 Å². The third-order valence-electron chi connectivity index (χ3n) is 5.95. The molecular formula is C22H24N2O3. The summed E-state index contributed by atoms with van der Waals surface area (Å²) in [5.74, 6) is 1.32. The van der Waals surface area contributed by atoms with Crippen LogP contribution in [0.3, 0.4) is 0 Å². The normalized spacial score (nSPS) is 27.1. The van der Waals surface area contributed by atoms with Gasteiger partial charge in [0.25, 0.3) is 0 Å². The van der Waals surface area contributed by atoms with Gasteiger partial charge in [0.2, 0.25) is 0 Å². The van der Waals surface area contributed by atoms with E-state index in [-0.39, 0.29) is 11.4 Å². The number of aliphatic imine (C=N–C) groups is 1. The molecule has 5 heteroatoms. The monoisotopic (exact) mass is 364 g/mol. The summed E-state index contributed by atoms with van der Waals surface area (Å²) in [6.45, 7) is 0. The Bertz CT molecular complexity index is 862. The van der Waals surface area contributed by atoms with Crippen LogP contribution >= 0.6 is 0 Å². The number of nitroso groups, excluding NO2 is 1. The number of hydrogen-bond acceptors (Lipinski definition) is 5. The highest BCUT2D eigenvalue weighted by atomic mass is 16.3. The smallest absolute Gasteiger partial charge is 0.124 e. The van der Waals surface area contributed by atoms with Crippen LogP contribution in [0.25, 0.3) is 0 Å². The van der Waals surface area contributed by atoms with Gasteiger partial charge in [-0.3, -0.25) is 4.99 Å². The van der Waals surface area contributed by atoms with Gasteiger partial charge in [-0.25, -0.2) is 0 Å². The van der Waals surface area contributed by atoms with Gasteiger partial charge >= 0.3 is 0 Å². The fourth-order valence-corrected chi connectivity index (χ4v) is 4.75. The lowest BCUT2D eigenvalue weighted by molar-refractivity contribution is -0.00140. The Morgan fingerprint density at radius 3 is 2.63 bits per heavy atom. The lowest BCUT2D eigenvalue weighted by atomic mass is 9.76. The summed E-state index contributed by atoms with van der Waals surface area (Å²) in [5.41, 5.74) is 2.35. The van der Waals surface area contributed by atoms with Crippen molar-refractivity contribution < 1.29 is 10.2 Å². The number of benzene rings is 2. The first-order chi connectivity index (χ1) is 13.0. The summed E-state index contributed by atoms with van der Waals surface area (Å²) in [4.78, 5) is 15.0. The van der Waals surface area contributed by atoms with Crippen molar-refractivity contribution in [3.05, 3.63) is 58.5 Å². The molecule has 2 N–H and O–H groups in total. The molecule has 0 radical (unpaired) electrons. The largest absolute Gasteiger partial charge is 0.507 e. The molecule has 5 nitrogen and oxygen atoms in total. The first-order valence-corrected chi connectivity index (χ1v) is 9.55. The van der Waals surface area contributed by atoms with Crippen molar-refractivity contribution in [2.45, 2.75) is 44.1 Å². The van der Waals surface area contributed by atoms with Crippen LogP contribution < -0.4 is 0 Å². The summed E-state index contributed by atoms with van der Waals surface area (Å²) in [7, 11) is 0. The highest BCUT2D eigenvalue weighted by molar-refractivity contribution is 5.86. The molecule has 27 heavy (non-hydrogen) atoms. The summed E-state index contributed by atoms with van der Waals surface area (Å²) >= 11 is 0. The van der Waals surface area contributed by atoms with Crippen LogP contribution in [0.15, 0.2) is 52.6 Å². The molecule has 3 unspecified atom stereocenters. The summed E-state index contributed by atoms with van der Waals surface area (Å²) in [5, 5.41) is 23.3. The molecular weight excluding hydrogens is 340 g/mol. The molecule has 2 bridgehead atoms. The third kappa shape index (κ3) is 4.08. The summed E-state index contributed by atoms with van der Waals surface area (Å²) in [6, 6.07) is 12.5. The van der Waals surface area contributed by atoms with Crippen LogP contribution in [0.5, 0.6) is 5.75 Å². The zero-order valence-electron chi connectivity index (χ0n) is 15.2. The van der Waals surface area contributed by atoms with Crippen LogP contribution in [0.1, 0.15) is 43.2 Å². The predicted molar refractivity (Wildman–Crippen MR) is 106 cm³/mol. The highest BCUT2D eigenvalue weighted by Crippen LogP contribution is 2.48. The van der Waals surface area contributed by atoms with Gasteiger partial charge in [0.05, 0.1) is 11.3 Å². The maximum Gasteiger partial charge on any atom is 0.124 e. The van der Waals surface area contributed by atoms with Gasteiger partial charge < -0.3 is 10.2 Å². The van der Waals surface area contributed by atoms with Gasteiger partial charge in [0.1, 0.15) is 11.4 Å². The van der Waals surface area contributed by atoms with Crippen LogP contribution in [0.4, 0.5) is 11.4 Å². The standard InChI is InChI=1S/C22H24N2O3/c25-21-6-5-20(24-27)11-18(21)14-23-19-3-1-15(2-4-19)9-17-10-16-7-8-22(26,12-16)13-17/h1-6,11,14,16-17,25-26H,7-10,12-13H2/b23-14+. The van der Waals surface area contributed by atoms with Crippen molar-refractivity contribution in [3.63, 3.8) is 0 Å². The van der Waals surface area contributed by atoms with E-state index in [1.54, 1.807) is 0 Å². The number of nitrogens with zero attached hydrogens (tertiary/aromatic N) is 2. The van der Waals surface area contributed by atoms with E-state index in [9.17, 15) is 15.1 Å². The fraction of sp³-hybridized carbons (Fsp3) is 0.409. The maximum atomic E-state index is 10.6. The molecule has 2 fully saturated rings. The minimum absolute atomic E-state index is 0.0626. The van der Waals surface area contributed by atoms with Crippen molar-refractivity contribution in [3.8, 4) is 5.75 Å². The molecule has 2 aliphatic rings. The Morgan fingerprint density at radius 2 is 1.89 bits per heavy atom. The number of fused-ring (bicyclic) bond motifs is 2. The third-order valence-corrected chi connectivity index (χ3v) is 5.95. The highest BCUT2D eigenvalue weighted by Gasteiger charge is 2.43. The Labute approximate surface area is 158 Å². The van der Waals surface area contributed by atoms with Crippen molar-refractivity contribution in [2.24, 2.45) is 22.0 Å². The minimum Gasteiger partial charge on any atom is -0.507 e.